The fourth-order valence-corrected chi connectivity index (χ4v) is 3.21. The van der Waals surface area contributed by atoms with Crippen LogP contribution in [0.5, 0.6) is 0 Å². The molecular formula is C15H26O2. The summed E-state index contributed by atoms with van der Waals surface area (Å²) in [6.07, 6.45) is 10.8. The van der Waals surface area contributed by atoms with Crippen molar-refractivity contribution in [3.8, 4) is 0 Å². The van der Waals surface area contributed by atoms with Crippen molar-refractivity contribution < 1.29 is 9.53 Å². The van der Waals surface area contributed by atoms with Gasteiger partial charge in [-0.15, -0.1) is 0 Å². The highest BCUT2D eigenvalue weighted by atomic mass is 16.5. The smallest absolute Gasteiger partial charge is 0.162 e. The third kappa shape index (κ3) is 3.54. The van der Waals surface area contributed by atoms with Gasteiger partial charge in [0.15, 0.2) is 5.78 Å². The van der Waals surface area contributed by atoms with Crippen molar-refractivity contribution in [1.29, 1.82) is 0 Å². The zero-order valence-electron chi connectivity index (χ0n) is 11.1. The Bertz CT molecular complexity index is 239. The van der Waals surface area contributed by atoms with E-state index < -0.39 is 0 Å². The number of rotatable bonds is 6. The van der Waals surface area contributed by atoms with Crippen molar-refractivity contribution in [2.75, 3.05) is 6.61 Å². The molecule has 1 unspecified atom stereocenters. The summed E-state index contributed by atoms with van der Waals surface area (Å²) in [5.74, 6) is 1.58. The van der Waals surface area contributed by atoms with Crippen molar-refractivity contribution in [3.63, 3.8) is 0 Å². The third-order valence-electron chi connectivity index (χ3n) is 4.46. The molecule has 2 fully saturated rings. The quantitative estimate of drug-likeness (QED) is 0.704. The van der Waals surface area contributed by atoms with Gasteiger partial charge in [0.2, 0.25) is 0 Å². The first-order valence-electron chi connectivity index (χ1n) is 7.45. The number of ketones is 1. The predicted octanol–water partition coefficient (Wildman–Crippen LogP) is 3.73. The largest absolute Gasteiger partial charge is 0.370 e. The van der Waals surface area contributed by atoms with Gasteiger partial charge < -0.3 is 4.74 Å². The van der Waals surface area contributed by atoms with Gasteiger partial charge >= 0.3 is 0 Å². The third-order valence-corrected chi connectivity index (χ3v) is 4.46. The molecule has 0 aromatic carbocycles. The van der Waals surface area contributed by atoms with Crippen LogP contribution in [0.15, 0.2) is 0 Å². The molecule has 0 aromatic rings. The maximum Gasteiger partial charge on any atom is 0.162 e. The minimum atomic E-state index is -0.0825. The Morgan fingerprint density at radius 1 is 1.12 bits per heavy atom. The number of carbonyl (C=O) groups excluding carboxylic acids is 1. The number of Topliss-reactive ketones (excluding diaryl/α,β-unsaturated/α-hetero) is 1. The highest BCUT2D eigenvalue weighted by Gasteiger charge is 2.32. The molecule has 2 nitrogen and oxygen atoms in total. The van der Waals surface area contributed by atoms with Gasteiger partial charge in [-0.25, -0.2) is 0 Å². The molecule has 0 radical (unpaired) electrons. The molecule has 2 rings (SSSR count). The Morgan fingerprint density at radius 3 is 2.35 bits per heavy atom. The van der Waals surface area contributed by atoms with E-state index in [4.69, 9.17) is 4.74 Å². The molecule has 0 amide bonds. The number of carbonyl (C=O) groups is 1. The highest BCUT2D eigenvalue weighted by molar-refractivity contribution is 5.83. The van der Waals surface area contributed by atoms with E-state index >= 15 is 0 Å². The van der Waals surface area contributed by atoms with Gasteiger partial charge in [-0.2, -0.15) is 0 Å². The van der Waals surface area contributed by atoms with Crippen LogP contribution in [0.1, 0.15) is 64.7 Å². The first kappa shape index (κ1) is 13.1. The second-order valence-corrected chi connectivity index (χ2v) is 5.74. The van der Waals surface area contributed by atoms with Crippen LogP contribution in [0.4, 0.5) is 0 Å². The first-order valence-corrected chi connectivity index (χ1v) is 7.45. The average molecular weight is 238 g/mol. The topological polar surface area (TPSA) is 26.3 Å². The number of hydrogen-bond donors (Lipinski definition) is 0. The van der Waals surface area contributed by atoms with Gasteiger partial charge in [0.05, 0.1) is 0 Å². The molecule has 2 aliphatic rings. The minimum absolute atomic E-state index is 0.0825. The molecular weight excluding hydrogens is 212 g/mol. The summed E-state index contributed by atoms with van der Waals surface area (Å²) in [6, 6.07) is 0. The van der Waals surface area contributed by atoms with Crippen LogP contribution < -0.4 is 0 Å². The Labute approximate surface area is 105 Å². The van der Waals surface area contributed by atoms with E-state index in [9.17, 15) is 4.79 Å². The van der Waals surface area contributed by atoms with Gasteiger partial charge in [-0.1, -0.05) is 38.5 Å². The Morgan fingerprint density at radius 2 is 1.82 bits per heavy atom. The molecule has 0 bridgehead atoms. The number of hydrogen-bond acceptors (Lipinski definition) is 2. The standard InChI is InChI=1S/C15H26O2/c1-2-17-15(13-9-4-3-5-10-13)14(16)11-12-7-6-8-12/h12-13,15H,2-11H2,1H3. The summed E-state index contributed by atoms with van der Waals surface area (Å²) in [4.78, 5) is 12.3. The van der Waals surface area contributed by atoms with Gasteiger partial charge in [0, 0.05) is 13.0 Å². The molecule has 0 aliphatic heterocycles. The lowest BCUT2D eigenvalue weighted by molar-refractivity contribution is -0.136. The van der Waals surface area contributed by atoms with E-state index in [0.717, 1.165) is 6.42 Å². The zero-order chi connectivity index (χ0) is 12.1. The highest BCUT2D eigenvalue weighted by Crippen LogP contribution is 2.33. The maximum absolute atomic E-state index is 12.3. The second-order valence-electron chi connectivity index (χ2n) is 5.74. The molecule has 0 aromatic heterocycles. The van der Waals surface area contributed by atoms with Crippen LogP contribution in [0.2, 0.25) is 0 Å². The zero-order valence-corrected chi connectivity index (χ0v) is 11.1. The monoisotopic (exact) mass is 238 g/mol. The summed E-state index contributed by atoms with van der Waals surface area (Å²) in [6.45, 7) is 2.68. The minimum Gasteiger partial charge on any atom is -0.370 e. The Hall–Kier alpha value is -0.370. The predicted molar refractivity (Wildman–Crippen MR) is 69.0 cm³/mol. The summed E-state index contributed by atoms with van der Waals surface area (Å²) < 4.78 is 5.76. The molecule has 98 valence electrons. The molecule has 17 heavy (non-hydrogen) atoms. The van der Waals surface area contributed by atoms with E-state index in [2.05, 4.69) is 0 Å². The molecule has 0 N–H and O–H groups in total. The first-order chi connectivity index (χ1) is 8.31. The van der Waals surface area contributed by atoms with Crippen molar-refractivity contribution in [3.05, 3.63) is 0 Å². The number of ether oxygens (including phenoxy) is 1. The lowest BCUT2D eigenvalue weighted by atomic mass is 9.77. The van der Waals surface area contributed by atoms with Gasteiger partial charge in [-0.3, -0.25) is 4.79 Å². The van der Waals surface area contributed by atoms with E-state index in [1.807, 2.05) is 6.92 Å². The van der Waals surface area contributed by atoms with Crippen molar-refractivity contribution in [2.24, 2.45) is 11.8 Å². The van der Waals surface area contributed by atoms with Crippen molar-refractivity contribution in [2.45, 2.75) is 70.8 Å². The fraction of sp³-hybridized carbons (Fsp3) is 0.933. The maximum atomic E-state index is 12.3. The van der Waals surface area contributed by atoms with Crippen LogP contribution in [-0.4, -0.2) is 18.5 Å². The van der Waals surface area contributed by atoms with Crippen molar-refractivity contribution in [1.82, 2.24) is 0 Å². The molecule has 0 heterocycles. The Balaban J connectivity index is 1.86. The molecule has 1 atom stereocenters. The Kier molecular flexibility index (Phi) is 5.02. The van der Waals surface area contributed by atoms with Gasteiger partial charge in [-0.05, 0) is 31.6 Å². The van der Waals surface area contributed by atoms with Gasteiger partial charge in [0.25, 0.3) is 0 Å². The lowest BCUT2D eigenvalue weighted by Gasteiger charge is -2.31. The van der Waals surface area contributed by atoms with E-state index in [-0.39, 0.29) is 6.10 Å². The lowest BCUT2D eigenvalue weighted by Crippen LogP contribution is -2.35. The van der Waals surface area contributed by atoms with Crippen molar-refractivity contribution >= 4 is 5.78 Å². The van der Waals surface area contributed by atoms with E-state index in [1.54, 1.807) is 0 Å². The normalized spacial score (nSPS) is 24.3. The van der Waals surface area contributed by atoms with Crippen LogP contribution in [0.25, 0.3) is 0 Å². The fourth-order valence-electron chi connectivity index (χ4n) is 3.21. The van der Waals surface area contributed by atoms with Crippen LogP contribution in [0.3, 0.4) is 0 Å². The SMILES string of the molecule is CCOC(C(=O)CC1CCC1)C1CCCCC1. The van der Waals surface area contributed by atoms with E-state index in [0.29, 0.717) is 24.2 Å². The molecule has 0 spiro atoms. The molecule has 2 heteroatoms. The summed E-state index contributed by atoms with van der Waals surface area (Å²) in [7, 11) is 0. The van der Waals surface area contributed by atoms with E-state index in [1.165, 1.54) is 51.4 Å². The summed E-state index contributed by atoms with van der Waals surface area (Å²) in [5, 5.41) is 0. The van der Waals surface area contributed by atoms with Crippen LogP contribution in [-0.2, 0) is 9.53 Å². The summed E-state index contributed by atoms with van der Waals surface area (Å²) in [5.41, 5.74) is 0. The molecule has 0 saturated heterocycles. The van der Waals surface area contributed by atoms with Crippen LogP contribution >= 0.6 is 0 Å². The summed E-state index contributed by atoms with van der Waals surface area (Å²) >= 11 is 0. The molecule has 2 saturated carbocycles. The van der Waals surface area contributed by atoms with Crippen LogP contribution in [0, 0.1) is 11.8 Å². The van der Waals surface area contributed by atoms with Gasteiger partial charge in [0.1, 0.15) is 6.10 Å². The second kappa shape index (κ2) is 6.53. The molecule has 2 aliphatic carbocycles. The average Bonchev–Trinajstić information content (AvgIpc) is 2.31.